The highest BCUT2D eigenvalue weighted by atomic mass is 32.2. The number of piperazine rings is 1. The summed E-state index contributed by atoms with van der Waals surface area (Å²) in [7, 11) is 0. The van der Waals surface area contributed by atoms with Gasteiger partial charge in [0.1, 0.15) is 6.07 Å². The number of thiazole rings is 1. The summed E-state index contributed by atoms with van der Waals surface area (Å²) < 4.78 is 0. The Morgan fingerprint density at radius 3 is 2.62 bits per heavy atom. The van der Waals surface area contributed by atoms with Gasteiger partial charge in [0, 0.05) is 42.7 Å². The molecule has 1 aliphatic heterocycles. The number of aromatic nitrogens is 1. The second-order valence-corrected chi connectivity index (χ2v) is 6.48. The number of hydrogen-bond donors (Lipinski definition) is 0. The van der Waals surface area contributed by atoms with Gasteiger partial charge in [0.05, 0.1) is 11.3 Å². The van der Waals surface area contributed by atoms with Crippen LogP contribution in [0.3, 0.4) is 0 Å². The largest absolute Gasteiger partial charge is 0.367 e. The standard InChI is InChI=1S/C15H16N4S2/c1-20-14-4-2-3-13(12(14)11-16)18-6-8-19(9-7-18)15-17-5-10-21-15/h2-5,10H,6-9H2,1H3. The van der Waals surface area contributed by atoms with Crippen LogP contribution in [0.15, 0.2) is 34.7 Å². The van der Waals surface area contributed by atoms with E-state index in [-0.39, 0.29) is 0 Å². The van der Waals surface area contributed by atoms with Gasteiger partial charge in [0.25, 0.3) is 0 Å². The number of thioether (sulfide) groups is 1. The first-order chi connectivity index (χ1) is 10.3. The molecule has 1 fully saturated rings. The monoisotopic (exact) mass is 316 g/mol. The lowest BCUT2D eigenvalue weighted by atomic mass is 10.1. The van der Waals surface area contributed by atoms with Gasteiger partial charge in [-0.05, 0) is 18.4 Å². The molecule has 0 aliphatic carbocycles. The van der Waals surface area contributed by atoms with Crippen LogP contribution in [0.4, 0.5) is 10.8 Å². The second kappa shape index (κ2) is 6.37. The molecule has 6 heteroatoms. The SMILES string of the molecule is CSc1cccc(N2CCN(c3nccs3)CC2)c1C#N. The quantitative estimate of drug-likeness (QED) is 0.814. The van der Waals surface area contributed by atoms with Gasteiger partial charge in [-0.3, -0.25) is 0 Å². The van der Waals surface area contributed by atoms with Crippen molar-refractivity contribution in [3.05, 3.63) is 35.3 Å². The molecule has 108 valence electrons. The first-order valence-electron chi connectivity index (χ1n) is 6.80. The Morgan fingerprint density at radius 1 is 1.24 bits per heavy atom. The third-order valence-electron chi connectivity index (χ3n) is 3.65. The molecular weight excluding hydrogens is 300 g/mol. The minimum Gasteiger partial charge on any atom is -0.367 e. The van der Waals surface area contributed by atoms with Crippen molar-refractivity contribution in [2.45, 2.75) is 4.90 Å². The predicted octanol–water partition coefficient (Wildman–Crippen LogP) is 3.06. The van der Waals surface area contributed by atoms with Crippen LogP contribution in [-0.2, 0) is 0 Å². The molecule has 0 atom stereocenters. The maximum absolute atomic E-state index is 9.45. The number of nitrogens with zero attached hydrogens (tertiary/aromatic N) is 4. The van der Waals surface area contributed by atoms with Crippen molar-refractivity contribution in [3.63, 3.8) is 0 Å². The smallest absolute Gasteiger partial charge is 0.185 e. The van der Waals surface area contributed by atoms with E-state index < -0.39 is 0 Å². The summed E-state index contributed by atoms with van der Waals surface area (Å²) in [4.78, 5) is 10.0. The molecular formula is C15H16N4S2. The fraction of sp³-hybridized carbons (Fsp3) is 0.333. The first-order valence-corrected chi connectivity index (χ1v) is 8.90. The van der Waals surface area contributed by atoms with Gasteiger partial charge < -0.3 is 9.80 Å². The minimum absolute atomic E-state index is 0.799. The molecule has 1 aromatic carbocycles. The average molecular weight is 316 g/mol. The molecule has 21 heavy (non-hydrogen) atoms. The predicted molar refractivity (Wildman–Crippen MR) is 89.5 cm³/mol. The van der Waals surface area contributed by atoms with Gasteiger partial charge >= 0.3 is 0 Å². The number of rotatable bonds is 3. The molecule has 1 saturated heterocycles. The second-order valence-electron chi connectivity index (χ2n) is 4.75. The van der Waals surface area contributed by atoms with Crippen LogP contribution in [0.1, 0.15) is 5.56 Å². The van der Waals surface area contributed by atoms with Crippen LogP contribution in [-0.4, -0.2) is 37.4 Å². The number of hydrogen-bond acceptors (Lipinski definition) is 6. The zero-order valence-electron chi connectivity index (χ0n) is 11.8. The Hall–Kier alpha value is -1.71. The highest BCUT2D eigenvalue weighted by molar-refractivity contribution is 7.98. The number of anilines is 2. The van der Waals surface area contributed by atoms with Gasteiger partial charge in [-0.1, -0.05) is 6.07 Å². The third kappa shape index (κ3) is 2.85. The molecule has 0 bridgehead atoms. The lowest BCUT2D eigenvalue weighted by Crippen LogP contribution is -2.46. The lowest BCUT2D eigenvalue weighted by Gasteiger charge is -2.36. The van der Waals surface area contributed by atoms with E-state index in [9.17, 15) is 5.26 Å². The van der Waals surface area contributed by atoms with E-state index in [2.05, 4.69) is 26.9 Å². The zero-order valence-corrected chi connectivity index (χ0v) is 13.5. The Balaban J connectivity index is 1.77. The molecule has 1 aromatic heterocycles. The Bertz CT molecular complexity index is 640. The van der Waals surface area contributed by atoms with Gasteiger partial charge in [0.15, 0.2) is 5.13 Å². The fourth-order valence-corrected chi connectivity index (χ4v) is 3.84. The van der Waals surface area contributed by atoms with Crippen molar-refractivity contribution in [1.29, 1.82) is 5.26 Å². The van der Waals surface area contributed by atoms with Crippen LogP contribution < -0.4 is 9.80 Å². The Labute approximate surface area is 133 Å². The average Bonchev–Trinajstić information content (AvgIpc) is 3.08. The maximum Gasteiger partial charge on any atom is 0.185 e. The van der Waals surface area contributed by atoms with Crippen molar-refractivity contribution >= 4 is 33.9 Å². The van der Waals surface area contributed by atoms with Crippen molar-refractivity contribution in [2.24, 2.45) is 0 Å². The van der Waals surface area contributed by atoms with Crippen LogP contribution in [0, 0.1) is 11.3 Å². The molecule has 0 radical (unpaired) electrons. The molecule has 0 saturated carbocycles. The zero-order chi connectivity index (χ0) is 14.7. The third-order valence-corrected chi connectivity index (χ3v) is 5.26. The molecule has 0 unspecified atom stereocenters. The van der Waals surface area contributed by atoms with Gasteiger partial charge in [-0.25, -0.2) is 4.98 Å². The molecule has 0 amide bonds. The van der Waals surface area contributed by atoms with E-state index in [1.54, 1.807) is 23.1 Å². The summed E-state index contributed by atoms with van der Waals surface area (Å²) >= 11 is 3.31. The van der Waals surface area contributed by atoms with Crippen LogP contribution in [0.2, 0.25) is 0 Å². The van der Waals surface area contributed by atoms with E-state index in [0.29, 0.717) is 0 Å². The maximum atomic E-state index is 9.45. The minimum atomic E-state index is 0.799. The molecule has 3 rings (SSSR count). The molecule has 0 N–H and O–H groups in total. The normalized spacial score (nSPS) is 15.0. The summed E-state index contributed by atoms with van der Waals surface area (Å²) in [6, 6.07) is 8.47. The van der Waals surface area contributed by atoms with Gasteiger partial charge in [-0.2, -0.15) is 5.26 Å². The lowest BCUT2D eigenvalue weighted by molar-refractivity contribution is 0.651. The van der Waals surface area contributed by atoms with E-state index >= 15 is 0 Å². The van der Waals surface area contributed by atoms with Gasteiger partial charge in [0.2, 0.25) is 0 Å². The van der Waals surface area contributed by atoms with Crippen molar-refractivity contribution in [3.8, 4) is 6.07 Å². The van der Waals surface area contributed by atoms with Crippen molar-refractivity contribution in [1.82, 2.24) is 4.98 Å². The van der Waals surface area contributed by atoms with Crippen LogP contribution in [0.5, 0.6) is 0 Å². The Kier molecular flexibility index (Phi) is 4.32. The number of benzene rings is 1. The molecule has 1 aliphatic rings. The highest BCUT2D eigenvalue weighted by Gasteiger charge is 2.21. The highest BCUT2D eigenvalue weighted by Crippen LogP contribution is 2.30. The summed E-state index contributed by atoms with van der Waals surface area (Å²) in [5.41, 5.74) is 1.86. The van der Waals surface area contributed by atoms with E-state index in [4.69, 9.17) is 0 Å². The van der Waals surface area contributed by atoms with E-state index in [0.717, 1.165) is 47.5 Å². The van der Waals surface area contributed by atoms with Crippen LogP contribution in [0.25, 0.3) is 0 Å². The summed E-state index contributed by atoms with van der Waals surface area (Å²) in [5, 5.41) is 12.6. The van der Waals surface area contributed by atoms with Crippen molar-refractivity contribution in [2.75, 3.05) is 42.2 Å². The van der Waals surface area contributed by atoms with E-state index in [1.807, 2.05) is 30.0 Å². The molecule has 2 aromatic rings. The topological polar surface area (TPSA) is 43.2 Å². The first kappa shape index (κ1) is 14.2. The van der Waals surface area contributed by atoms with Gasteiger partial charge in [-0.15, -0.1) is 23.1 Å². The van der Waals surface area contributed by atoms with Crippen LogP contribution >= 0.6 is 23.1 Å². The molecule has 0 spiro atoms. The summed E-state index contributed by atoms with van der Waals surface area (Å²) in [6.45, 7) is 3.74. The Morgan fingerprint density at radius 2 is 2.00 bits per heavy atom. The molecule has 4 nitrogen and oxygen atoms in total. The fourth-order valence-electron chi connectivity index (χ4n) is 2.58. The summed E-state index contributed by atoms with van der Waals surface area (Å²) in [5.74, 6) is 0. The molecule has 2 heterocycles. The number of nitriles is 1. The van der Waals surface area contributed by atoms with Crippen molar-refractivity contribution < 1.29 is 0 Å². The van der Waals surface area contributed by atoms with E-state index in [1.165, 1.54) is 0 Å². The summed E-state index contributed by atoms with van der Waals surface area (Å²) in [6.07, 6.45) is 3.86.